The highest BCUT2D eigenvalue weighted by Crippen LogP contribution is 2.41. The Bertz CT molecular complexity index is 759. The molecule has 1 aliphatic heterocycles. The largest absolute Gasteiger partial charge is 0.487 e. The van der Waals surface area contributed by atoms with Crippen LogP contribution in [0.25, 0.3) is 0 Å². The molecule has 1 aromatic carbocycles. The maximum atomic E-state index is 10.7. The molecule has 8 heteroatoms. The van der Waals surface area contributed by atoms with Crippen molar-refractivity contribution in [3.05, 3.63) is 34.8 Å². The van der Waals surface area contributed by atoms with Gasteiger partial charge >= 0.3 is 5.97 Å². The summed E-state index contributed by atoms with van der Waals surface area (Å²) in [5.41, 5.74) is 0.977. The molecule has 25 heavy (non-hydrogen) atoms. The molecular formula is C17H20N2O5S. The summed E-state index contributed by atoms with van der Waals surface area (Å²) in [6.07, 6.45) is 0.867. The van der Waals surface area contributed by atoms with Gasteiger partial charge in [-0.1, -0.05) is 12.1 Å². The lowest BCUT2D eigenvalue weighted by atomic mass is 10.0. The van der Waals surface area contributed by atoms with Crippen molar-refractivity contribution in [3.8, 4) is 11.5 Å². The Balaban J connectivity index is 1.40. The van der Waals surface area contributed by atoms with E-state index in [0.29, 0.717) is 18.3 Å². The number of carbonyl (C=O) groups is 1. The summed E-state index contributed by atoms with van der Waals surface area (Å²) in [5, 5.41) is 13.7. The van der Waals surface area contributed by atoms with Crippen LogP contribution in [-0.4, -0.2) is 41.6 Å². The number of hydrogen-bond acceptors (Lipinski definition) is 7. The van der Waals surface area contributed by atoms with Crippen LogP contribution >= 0.6 is 11.3 Å². The highest BCUT2D eigenvalue weighted by atomic mass is 32.1. The Morgan fingerprint density at radius 2 is 2.28 bits per heavy atom. The van der Waals surface area contributed by atoms with E-state index in [0.717, 1.165) is 23.5 Å². The fourth-order valence-electron chi connectivity index (χ4n) is 2.55. The van der Waals surface area contributed by atoms with Gasteiger partial charge in [0.25, 0.3) is 0 Å². The van der Waals surface area contributed by atoms with Gasteiger partial charge < -0.3 is 24.6 Å². The molecule has 2 N–H and O–H groups in total. The third-order valence-corrected chi connectivity index (χ3v) is 4.39. The first-order chi connectivity index (χ1) is 11.9. The maximum absolute atomic E-state index is 10.7. The molecule has 0 amide bonds. The lowest BCUT2D eigenvalue weighted by Crippen LogP contribution is -2.24. The van der Waals surface area contributed by atoms with Crippen LogP contribution in [0, 0.1) is 0 Å². The van der Waals surface area contributed by atoms with Crippen molar-refractivity contribution < 1.29 is 24.1 Å². The van der Waals surface area contributed by atoms with Gasteiger partial charge in [0.05, 0.1) is 6.61 Å². The van der Waals surface area contributed by atoms with E-state index in [1.54, 1.807) is 0 Å². The van der Waals surface area contributed by atoms with E-state index < -0.39 is 5.97 Å². The summed E-state index contributed by atoms with van der Waals surface area (Å²) in [5.74, 6) is 0.500. The fraction of sp³-hybridized carbons (Fsp3) is 0.412. The predicted molar refractivity (Wildman–Crippen MR) is 93.9 cm³/mol. The molecule has 0 atom stereocenters. The number of benzene rings is 1. The minimum absolute atomic E-state index is 0.0247. The zero-order valence-electron chi connectivity index (χ0n) is 14.1. The van der Waals surface area contributed by atoms with Crippen LogP contribution < -0.4 is 14.8 Å². The lowest BCUT2D eigenvalue weighted by molar-refractivity contribution is 0.0691. The number of carboxylic acid groups (broad SMARTS) is 1. The van der Waals surface area contributed by atoms with Crippen molar-refractivity contribution in [2.24, 2.45) is 0 Å². The quantitative estimate of drug-likeness (QED) is 0.550. The minimum Gasteiger partial charge on any atom is -0.487 e. The van der Waals surface area contributed by atoms with E-state index in [2.05, 4.69) is 30.2 Å². The molecule has 0 spiro atoms. The van der Waals surface area contributed by atoms with Gasteiger partial charge in [-0.25, -0.2) is 9.78 Å². The van der Waals surface area contributed by atoms with Crippen LogP contribution in [0.1, 0.15) is 29.9 Å². The second-order valence-corrected chi connectivity index (χ2v) is 7.06. The first-order valence-corrected chi connectivity index (χ1v) is 8.77. The van der Waals surface area contributed by atoms with Gasteiger partial charge in [-0.15, -0.1) is 11.3 Å². The summed E-state index contributed by atoms with van der Waals surface area (Å²) in [4.78, 5) is 14.7. The Morgan fingerprint density at radius 3 is 3.04 bits per heavy atom. The topological polar surface area (TPSA) is 89.9 Å². The fourth-order valence-corrected chi connectivity index (χ4v) is 3.22. The van der Waals surface area contributed by atoms with Crippen LogP contribution in [0.15, 0.2) is 23.6 Å². The Hall–Kier alpha value is -2.32. The number of aromatic carboxylic acids is 1. The van der Waals surface area contributed by atoms with Gasteiger partial charge in [-0.3, -0.25) is 0 Å². The smallest absolute Gasteiger partial charge is 0.355 e. The molecule has 3 rings (SSSR count). The van der Waals surface area contributed by atoms with E-state index in [-0.39, 0.29) is 18.0 Å². The van der Waals surface area contributed by atoms with Crippen LogP contribution in [0.2, 0.25) is 0 Å². The average molecular weight is 364 g/mol. The molecule has 0 fully saturated rings. The summed E-state index contributed by atoms with van der Waals surface area (Å²) in [6.45, 7) is 5.11. The SMILES string of the molecule is CC1(C)Cc2cccc(OCCOCNc3nc(C(=O)O)cs3)c2O1. The highest BCUT2D eigenvalue weighted by Gasteiger charge is 2.32. The molecule has 0 bridgehead atoms. The third-order valence-electron chi connectivity index (χ3n) is 3.59. The van der Waals surface area contributed by atoms with Gasteiger partial charge in [0.2, 0.25) is 0 Å². The molecule has 1 aliphatic rings. The van der Waals surface area contributed by atoms with E-state index in [1.807, 2.05) is 12.1 Å². The van der Waals surface area contributed by atoms with Crippen molar-refractivity contribution in [2.75, 3.05) is 25.3 Å². The van der Waals surface area contributed by atoms with Gasteiger partial charge in [0.1, 0.15) is 18.9 Å². The Labute approximate surface area is 149 Å². The average Bonchev–Trinajstić information content (AvgIpc) is 3.13. The van der Waals surface area contributed by atoms with Crippen molar-refractivity contribution >= 4 is 22.4 Å². The molecule has 0 aliphatic carbocycles. The van der Waals surface area contributed by atoms with Crippen molar-refractivity contribution in [3.63, 3.8) is 0 Å². The number of nitrogens with zero attached hydrogens (tertiary/aromatic N) is 1. The maximum Gasteiger partial charge on any atom is 0.355 e. The number of fused-ring (bicyclic) bond motifs is 1. The molecule has 0 saturated heterocycles. The van der Waals surface area contributed by atoms with Crippen molar-refractivity contribution in [2.45, 2.75) is 25.9 Å². The van der Waals surface area contributed by atoms with Gasteiger partial charge in [0.15, 0.2) is 22.3 Å². The third kappa shape index (κ3) is 4.40. The standard InChI is InChI=1S/C17H20N2O5S/c1-17(2)8-11-4-3-5-13(14(11)24-17)23-7-6-22-10-18-16-19-12(9-25-16)15(20)21/h3-5,9H,6-8,10H2,1-2H3,(H,18,19)(H,20,21). The van der Waals surface area contributed by atoms with Crippen molar-refractivity contribution in [1.82, 2.24) is 4.98 Å². The number of hydrogen-bond donors (Lipinski definition) is 2. The molecule has 2 heterocycles. The summed E-state index contributed by atoms with van der Waals surface area (Å²) in [6, 6.07) is 5.90. The zero-order valence-corrected chi connectivity index (χ0v) is 14.9. The molecule has 7 nitrogen and oxygen atoms in total. The van der Waals surface area contributed by atoms with E-state index >= 15 is 0 Å². The van der Waals surface area contributed by atoms with Crippen LogP contribution in [0.4, 0.5) is 5.13 Å². The van der Waals surface area contributed by atoms with Crippen LogP contribution in [0.5, 0.6) is 11.5 Å². The Morgan fingerprint density at radius 1 is 1.44 bits per heavy atom. The summed E-state index contributed by atoms with van der Waals surface area (Å²) in [7, 11) is 0. The van der Waals surface area contributed by atoms with Crippen molar-refractivity contribution in [1.29, 1.82) is 0 Å². The molecular weight excluding hydrogens is 344 g/mol. The first kappa shape index (κ1) is 17.5. The van der Waals surface area contributed by atoms with E-state index in [1.165, 1.54) is 16.7 Å². The van der Waals surface area contributed by atoms with Gasteiger partial charge in [-0.2, -0.15) is 0 Å². The van der Waals surface area contributed by atoms with Crippen LogP contribution in [0.3, 0.4) is 0 Å². The molecule has 134 valence electrons. The first-order valence-electron chi connectivity index (χ1n) is 7.89. The number of aromatic nitrogens is 1. The molecule has 2 aromatic rings. The molecule has 0 unspecified atom stereocenters. The second-order valence-electron chi connectivity index (χ2n) is 6.20. The zero-order chi connectivity index (χ0) is 17.9. The number of thiazole rings is 1. The number of carboxylic acids is 1. The number of nitrogens with one attached hydrogen (secondary N) is 1. The number of rotatable bonds is 8. The van der Waals surface area contributed by atoms with Crippen LogP contribution in [-0.2, 0) is 11.2 Å². The Kier molecular flexibility index (Phi) is 5.10. The van der Waals surface area contributed by atoms with Gasteiger partial charge in [-0.05, 0) is 19.9 Å². The summed E-state index contributed by atoms with van der Waals surface area (Å²) >= 11 is 1.22. The molecule has 0 saturated carbocycles. The van der Waals surface area contributed by atoms with E-state index in [9.17, 15) is 4.79 Å². The lowest BCUT2D eigenvalue weighted by Gasteiger charge is -2.18. The molecule has 1 aromatic heterocycles. The number of para-hydroxylation sites is 1. The molecule has 0 radical (unpaired) electrons. The monoisotopic (exact) mass is 364 g/mol. The minimum atomic E-state index is -1.04. The number of ether oxygens (including phenoxy) is 3. The van der Waals surface area contributed by atoms with Gasteiger partial charge in [0, 0.05) is 17.4 Å². The number of anilines is 1. The normalized spacial score (nSPS) is 14.6. The second kappa shape index (κ2) is 7.28. The highest BCUT2D eigenvalue weighted by molar-refractivity contribution is 7.13. The predicted octanol–water partition coefficient (Wildman–Crippen LogP) is 3.02. The summed E-state index contributed by atoms with van der Waals surface area (Å²) < 4.78 is 17.1. The van der Waals surface area contributed by atoms with E-state index in [4.69, 9.17) is 19.3 Å².